The van der Waals surface area contributed by atoms with Crippen LogP contribution in [0.5, 0.6) is 0 Å². The third kappa shape index (κ3) is 7.10. The molecule has 1 saturated heterocycles. The lowest BCUT2D eigenvalue weighted by Gasteiger charge is -2.14. The summed E-state index contributed by atoms with van der Waals surface area (Å²) in [5.74, 6) is 1.85. The molecule has 1 aliphatic rings. The Hall–Kier alpha value is -0.880. The van der Waals surface area contributed by atoms with Crippen LogP contribution in [0.2, 0.25) is 0 Å². The number of ether oxygens (including phenoxy) is 3. The molecule has 140 valence electrons. The highest BCUT2D eigenvalue weighted by atomic mass is 33.1. The van der Waals surface area contributed by atoms with Gasteiger partial charge in [-0.05, 0) is 13.0 Å². The minimum absolute atomic E-state index is 0.0560. The first kappa shape index (κ1) is 20.4. The summed E-state index contributed by atoms with van der Waals surface area (Å²) in [4.78, 5) is 27.2. The number of carbonyl (C=O) groups excluding carboxylic acids is 1. The molecular weight excluding hydrogens is 388 g/mol. The molecule has 0 aliphatic carbocycles. The molecule has 25 heavy (non-hydrogen) atoms. The first-order chi connectivity index (χ1) is 12.1. The Labute approximate surface area is 157 Å². The zero-order chi connectivity index (χ0) is 18.1. The van der Waals surface area contributed by atoms with Crippen LogP contribution in [0.15, 0.2) is 17.1 Å². The van der Waals surface area contributed by atoms with Crippen molar-refractivity contribution in [2.75, 3.05) is 37.1 Å². The highest BCUT2D eigenvalue weighted by molar-refractivity contribution is 8.76. The van der Waals surface area contributed by atoms with E-state index in [-0.39, 0.29) is 30.9 Å². The quantitative estimate of drug-likeness (QED) is 0.369. The van der Waals surface area contributed by atoms with E-state index >= 15 is 0 Å². The van der Waals surface area contributed by atoms with Gasteiger partial charge >= 0.3 is 11.8 Å². The third-order valence-corrected chi connectivity index (χ3v) is 6.44. The highest BCUT2D eigenvalue weighted by Gasteiger charge is 2.29. The average molecular weight is 409 g/mol. The lowest BCUT2D eigenvalue weighted by Crippen LogP contribution is -2.28. The van der Waals surface area contributed by atoms with Crippen LogP contribution in [-0.2, 0) is 14.2 Å². The molecular formula is C14H20N2O6S3. The van der Waals surface area contributed by atoms with Crippen LogP contribution in [-0.4, -0.2) is 63.3 Å². The van der Waals surface area contributed by atoms with Crippen LogP contribution < -0.4 is 5.69 Å². The van der Waals surface area contributed by atoms with E-state index in [1.54, 1.807) is 19.2 Å². The van der Waals surface area contributed by atoms with Gasteiger partial charge in [-0.1, -0.05) is 21.6 Å². The number of hydrogen-bond acceptors (Lipinski definition) is 10. The second-order valence-corrected chi connectivity index (χ2v) is 8.78. The molecule has 1 fully saturated rings. The molecule has 0 spiro atoms. The maximum absolute atomic E-state index is 11.9. The van der Waals surface area contributed by atoms with Crippen LogP contribution in [0.1, 0.15) is 11.9 Å². The molecule has 11 heteroatoms. The molecule has 2 atom stereocenters. The number of nitrogens with zero attached hydrogens (tertiary/aromatic N) is 2. The number of thioether (sulfide) groups is 1. The van der Waals surface area contributed by atoms with Crippen LogP contribution >= 0.6 is 33.3 Å². The van der Waals surface area contributed by atoms with Crippen molar-refractivity contribution in [3.63, 3.8) is 0 Å². The van der Waals surface area contributed by atoms with E-state index in [9.17, 15) is 9.59 Å². The van der Waals surface area contributed by atoms with Crippen LogP contribution in [0.4, 0.5) is 4.79 Å². The Morgan fingerprint density at radius 2 is 2.28 bits per heavy atom. The summed E-state index contributed by atoms with van der Waals surface area (Å²) in [6.45, 7) is 2.18. The molecule has 0 bridgehead atoms. The summed E-state index contributed by atoms with van der Waals surface area (Å²) in [5, 5.41) is 8.63. The number of rotatable bonds is 9. The molecule has 0 saturated carbocycles. The minimum atomic E-state index is -0.741. The van der Waals surface area contributed by atoms with Gasteiger partial charge in [0.1, 0.15) is 24.9 Å². The van der Waals surface area contributed by atoms with Gasteiger partial charge in [-0.3, -0.25) is 4.57 Å². The number of carbonyl (C=O) groups is 1. The molecule has 0 aromatic carbocycles. The minimum Gasteiger partial charge on any atom is -0.433 e. The predicted octanol–water partition coefficient (Wildman–Crippen LogP) is 1.67. The maximum Gasteiger partial charge on any atom is 0.508 e. The van der Waals surface area contributed by atoms with Gasteiger partial charge in [0.2, 0.25) is 0 Å². The van der Waals surface area contributed by atoms with Gasteiger partial charge in [-0.15, -0.1) is 11.8 Å². The van der Waals surface area contributed by atoms with E-state index in [0.29, 0.717) is 23.0 Å². The lowest BCUT2D eigenvalue weighted by atomic mass is 10.4. The van der Waals surface area contributed by atoms with Crippen LogP contribution in [0.25, 0.3) is 0 Å². The SMILES string of the molecule is Cc1ccn(C2CSC(COC(=O)OCCSSCCO)O2)c(=O)n1. The number of hydrogen-bond donors (Lipinski definition) is 1. The van der Waals surface area contributed by atoms with Gasteiger partial charge in [0.15, 0.2) is 0 Å². The van der Waals surface area contributed by atoms with Gasteiger partial charge in [0.05, 0.1) is 6.61 Å². The molecule has 2 rings (SSSR count). The van der Waals surface area contributed by atoms with E-state index in [1.807, 2.05) is 0 Å². The Morgan fingerprint density at radius 3 is 3.04 bits per heavy atom. The molecule has 8 nitrogen and oxygen atoms in total. The average Bonchev–Trinajstić information content (AvgIpc) is 3.05. The summed E-state index contributed by atoms with van der Waals surface area (Å²) < 4.78 is 17.1. The van der Waals surface area contributed by atoms with Gasteiger partial charge in [-0.25, -0.2) is 9.59 Å². The van der Waals surface area contributed by atoms with Crippen LogP contribution in [0, 0.1) is 6.92 Å². The van der Waals surface area contributed by atoms with Crippen molar-refractivity contribution >= 4 is 39.5 Å². The fourth-order valence-electron chi connectivity index (χ4n) is 1.89. The molecule has 2 unspecified atom stereocenters. The van der Waals surface area contributed by atoms with Crippen LogP contribution in [0.3, 0.4) is 0 Å². The van der Waals surface area contributed by atoms with Crippen molar-refractivity contribution in [1.82, 2.24) is 9.55 Å². The van der Waals surface area contributed by atoms with Gasteiger partial charge in [0.25, 0.3) is 0 Å². The fraction of sp³-hybridized carbons (Fsp3) is 0.643. The number of aliphatic hydroxyl groups is 1. The summed E-state index contributed by atoms with van der Waals surface area (Å²) in [6.07, 6.45) is 0.490. The second kappa shape index (κ2) is 11.0. The van der Waals surface area contributed by atoms with E-state index in [4.69, 9.17) is 19.3 Å². The Bertz CT molecular complexity index is 614. The summed E-state index contributed by atoms with van der Waals surface area (Å²) in [6, 6.07) is 1.74. The van der Waals surface area contributed by atoms with Crippen molar-refractivity contribution in [3.05, 3.63) is 28.4 Å². The predicted molar refractivity (Wildman–Crippen MR) is 98.9 cm³/mol. The standard InChI is InChI=1S/C14H20N2O6S3/c1-10-2-3-16(13(18)15-10)11-9-23-12(22-11)8-21-14(19)20-5-7-25-24-6-4-17/h2-3,11-12,17H,4-9H2,1H3. The largest absolute Gasteiger partial charge is 0.508 e. The van der Waals surface area contributed by atoms with Gasteiger partial charge in [0, 0.05) is 29.1 Å². The van der Waals surface area contributed by atoms with E-state index in [2.05, 4.69) is 4.98 Å². The van der Waals surface area contributed by atoms with Crippen molar-refractivity contribution in [2.45, 2.75) is 18.6 Å². The Balaban J connectivity index is 1.64. The van der Waals surface area contributed by atoms with Gasteiger partial charge in [-0.2, -0.15) is 4.98 Å². The zero-order valence-electron chi connectivity index (χ0n) is 13.7. The van der Waals surface area contributed by atoms with E-state index in [1.165, 1.54) is 37.9 Å². The molecule has 1 N–H and O–H groups in total. The topological polar surface area (TPSA) is 99.9 Å². The monoisotopic (exact) mass is 408 g/mol. The van der Waals surface area contributed by atoms with Crippen molar-refractivity contribution in [1.29, 1.82) is 0 Å². The van der Waals surface area contributed by atoms with E-state index in [0.717, 1.165) is 0 Å². The molecule has 1 aromatic rings. The summed E-state index contributed by atoms with van der Waals surface area (Å²) in [5.41, 5.74) is -0.0502. The lowest BCUT2D eigenvalue weighted by molar-refractivity contribution is -0.0229. The second-order valence-electron chi connectivity index (χ2n) is 4.89. The number of aromatic nitrogens is 2. The Morgan fingerprint density at radius 1 is 1.48 bits per heavy atom. The van der Waals surface area contributed by atoms with Crippen molar-refractivity contribution in [2.24, 2.45) is 0 Å². The molecule has 0 radical (unpaired) electrons. The summed E-state index contributed by atoms with van der Waals surface area (Å²) in [7, 11) is 3.04. The smallest absolute Gasteiger partial charge is 0.433 e. The summed E-state index contributed by atoms with van der Waals surface area (Å²) >= 11 is 1.46. The van der Waals surface area contributed by atoms with E-state index < -0.39 is 12.4 Å². The molecule has 0 amide bonds. The number of aryl methyl sites for hydroxylation is 1. The molecule has 1 aromatic heterocycles. The number of aliphatic hydroxyl groups excluding tert-OH is 1. The first-order valence-electron chi connectivity index (χ1n) is 7.58. The van der Waals surface area contributed by atoms with Gasteiger partial charge < -0.3 is 19.3 Å². The molecule has 1 aliphatic heterocycles. The fourth-order valence-corrected chi connectivity index (χ4v) is 4.47. The normalized spacial score (nSPS) is 19.8. The zero-order valence-corrected chi connectivity index (χ0v) is 16.1. The van der Waals surface area contributed by atoms with Crippen molar-refractivity contribution < 1.29 is 24.1 Å². The highest BCUT2D eigenvalue weighted by Crippen LogP contribution is 2.31. The van der Waals surface area contributed by atoms with Crippen molar-refractivity contribution in [3.8, 4) is 0 Å². The maximum atomic E-state index is 11.9. The third-order valence-electron chi connectivity index (χ3n) is 2.99. The Kier molecular flexibility index (Phi) is 8.96. The molecule has 2 heterocycles. The first-order valence-corrected chi connectivity index (χ1v) is 11.1.